The molecule has 3 rings (SSSR count). The normalized spacial score (nSPS) is 37.7. The fourth-order valence-electron chi connectivity index (χ4n) is 6.34. The molecule has 2 bridgehead atoms. The summed E-state index contributed by atoms with van der Waals surface area (Å²) in [5.74, 6) is -3.98. The van der Waals surface area contributed by atoms with Crippen LogP contribution in [0.4, 0.5) is 8.78 Å². The molecule has 0 saturated carbocycles. The van der Waals surface area contributed by atoms with Gasteiger partial charge >= 0.3 is 181 Å². The Balaban J connectivity index is 1.96. The van der Waals surface area contributed by atoms with Crippen molar-refractivity contribution in [2.24, 2.45) is 0 Å². The number of hydrogen-bond acceptors (Lipinski definition) is 3. The second-order valence-corrected chi connectivity index (χ2v) is 24.7. The molecule has 0 aliphatic carbocycles. The summed E-state index contributed by atoms with van der Waals surface area (Å²) in [7, 11) is 0. The number of unbranched alkanes of at least 4 members (excludes halogenated alkanes) is 3. The minimum absolute atomic E-state index is 0.0753. The maximum atomic E-state index is 16.0. The van der Waals surface area contributed by atoms with Crippen LogP contribution in [0.2, 0.25) is 17.2 Å². The summed E-state index contributed by atoms with van der Waals surface area (Å²) < 4.78 is 53.8. The van der Waals surface area contributed by atoms with Gasteiger partial charge in [0.05, 0.1) is 0 Å². The summed E-state index contributed by atoms with van der Waals surface area (Å²) >= 11 is -2.87. The summed E-state index contributed by atoms with van der Waals surface area (Å²) in [5, 5.41) is 0. The average Bonchev–Trinajstić information content (AvgIpc) is 3.25. The molecule has 170 valence electrons. The Morgan fingerprint density at radius 1 is 0.897 bits per heavy atom. The van der Waals surface area contributed by atoms with E-state index in [2.05, 4.69) is 20.8 Å². The van der Waals surface area contributed by atoms with Gasteiger partial charge < -0.3 is 0 Å². The Hall–Kier alpha value is 0.539. The predicted octanol–water partition coefficient (Wildman–Crippen LogP) is 6.92. The van der Waals surface area contributed by atoms with E-state index in [-0.39, 0.29) is 10.5 Å². The van der Waals surface area contributed by atoms with Gasteiger partial charge in [-0.2, -0.15) is 0 Å². The van der Waals surface area contributed by atoms with Crippen molar-refractivity contribution in [2.45, 2.75) is 133 Å². The van der Waals surface area contributed by atoms with Crippen molar-refractivity contribution in [1.29, 1.82) is 0 Å². The SMILES string of the molecule is CCC[CH2][Sn]([CH2]CCC)([CH2]CCC)[C@@H]1C[C@]2(C)O[C@H]1C(F)(F)[C@@]21COC(C)(C)O1. The van der Waals surface area contributed by atoms with Crippen LogP contribution in [0.25, 0.3) is 0 Å². The Morgan fingerprint density at radius 3 is 1.79 bits per heavy atom. The molecule has 3 heterocycles. The van der Waals surface area contributed by atoms with E-state index < -0.39 is 47.4 Å². The van der Waals surface area contributed by atoms with Gasteiger partial charge in [-0.05, 0) is 0 Å². The molecule has 1 spiro atoms. The molecule has 0 unspecified atom stereocenters. The molecule has 3 aliphatic rings. The summed E-state index contributed by atoms with van der Waals surface area (Å²) in [5.41, 5.74) is -2.59. The van der Waals surface area contributed by atoms with Gasteiger partial charge in [0.1, 0.15) is 0 Å². The topological polar surface area (TPSA) is 27.7 Å². The first-order chi connectivity index (χ1) is 13.5. The van der Waals surface area contributed by atoms with Crippen LogP contribution in [0.15, 0.2) is 0 Å². The molecular weight excluding hydrogens is 481 g/mol. The van der Waals surface area contributed by atoms with E-state index >= 15 is 8.78 Å². The standard InChI is InChI=1S/C11H15F2O3.3C4H9.Sn/c1-8(2)14-6-10(16-8)9(3)5-4-7(15-9)11(10,12)13;3*1-3-4-2;/h4,7H,5-6H2,1-3H3;3*1,3-4H2,2H3;/t7-,9+,10-;;;;/m1..../s1. The van der Waals surface area contributed by atoms with E-state index in [0.717, 1.165) is 25.7 Å². The molecule has 0 amide bonds. The predicted molar refractivity (Wildman–Crippen MR) is 115 cm³/mol. The molecule has 3 fully saturated rings. The van der Waals surface area contributed by atoms with Gasteiger partial charge in [-0.3, -0.25) is 0 Å². The molecule has 0 aromatic rings. The van der Waals surface area contributed by atoms with Crippen LogP contribution in [0, 0.1) is 0 Å². The second kappa shape index (κ2) is 8.47. The van der Waals surface area contributed by atoms with E-state index in [1.54, 1.807) is 13.8 Å². The fraction of sp³-hybridized carbons (Fsp3) is 1.00. The molecule has 29 heavy (non-hydrogen) atoms. The Labute approximate surface area is 180 Å². The van der Waals surface area contributed by atoms with Crippen LogP contribution < -0.4 is 0 Å². The van der Waals surface area contributed by atoms with E-state index in [4.69, 9.17) is 14.2 Å². The van der Waals surface area contributed by atoms with Crippen molar-refractivity contribution in [3.8, 4) is 0 Å². The average molecular weight is 523 g/mol. The van der Waals surface area contributed by atoms with E-state index in [1.807, 2.05) is 6.92 Å². The third-order valence-electron chi connectivity index (χ3n) is 8.03. The van der Waals surface area contributed by atoms with Gasteiger partial charge in [0.15, 0.2) is 0 Å². The van der Waals surface area contributed by atoms with Crippen molar-refractivity contribution < 1.29 is 23.0 Å². The molecule has 3 aliphatic heterocycles. The van der Waals surface area contributed by atoms with Gasteiger partial charge in [-0.1, -0.05) is 0 Å². The fourth-order valence-corrected chi connectivity index (χ4v) is 25.7. The number of ether oxygens (including phenoxy) is 3. The molecule has 0 aromatic heterocycles. The summed E-state index contributed by atoms with van der Waals surface area (Å²) in [4.78, 5) is 0. The third-order valence-corrected chi connectivity index (χ3v) is 25.5. The molecule has 4 atom stereocenters. The van der Waals surface area contributed by atoms with Crippen LogP contribution in [0.1, 0.15) is 86.5 Å². The Kier molecular flexibility index (Phi) is 7.07. The zero-order valence-electron chi connectivity index (χ0n) is 19.4. The van der Waals surface area contributed by atoms with Gasteiger partial charge in [0.2, 0.25) is 0 Å². The Bertz CT molecular complexity index is 556. The van der Waals surface area contributed by atoms with E-state index in [0.29, 0.717) is 0 Å². The van der Waals surface area contributed by atoms with Crippen molar-refractivity contribution in [2.75, 3.05) is 6.61 Å². The number of alkyl halides is 2. The molecular formula is C23H42F2O3Sn. The zero-order chi connectivity index (χ0) is 21.6. The Morgan fingerprint density at radius 2 is 1.41 bits per heavy atom. The quantitative estimate of drug-likeness (QED) is 0.291. The number of hydrogen-bond donors (Lipinski definition) is 0. The number of halogens is 2. The molecule has 3 saturated heterocycles. The first-order valence-corrected chi connectivity index (χ1v) is 19.6. The maximum absolute atomic E-state index is 16.0. The summed E-state index contributed by atoms with van der Waals surface area (Å²) in [6.07, 6.45) is 6.77. The van der Waals surface area contributed by atoms with Crippen molar-refractivity contribution in [3.05, 3.63) is 0 Å². The first-order valence-electron chi connectivity index (χ1n) is 11.9. The van der Waals surface area contributed by atoms with Crippen LogP contribution >= 0.6 is 0 Å². The second-order valence-electron chi connectivity index (χ2n) is 10.5. The van der Waals surface area contributed by atoms with Gasteiger partial charge in [0.25, 0.3) is 0 Å². The van der Waals surface area contributed by atoms with Crippen LogP contribution in [0.3, 0.4) is 0 Å². The van der Waals surface area contributed by atoms with Gasteiger partial charge in [-0.15, -0.1) is 0 Å². The van der Waals surface area contributed by atoms with E-state index in [1.165, 1.54) is 32.6 Å². The number of rotatable bonds is 10. The van der Waals surface area contributed by atoms with E-state index in [9.17, 15) is 0 Å². The monoisotopic (exact) mass is 524 g/mol. The van der Waals surface area contributed by atoms with Gasteiger partial charge in [0, 0.05) is 0 Å². The van der Waals surface area contributed by atoms with Crippen LogP contribution in [0.5, 0.6) is 0 Å². The molecule has 6 heteroatoms. The zero-order valence-corrected chi connectivity index (χ0v) is 22.3. The molecule has 0 radical (unpaired) electrons. The van der Waals surface area contributed by atoms with Crippen molar-refractivity contribution >= 4 is 18.4 Å². The van der Waals surface area contributed by atoms with Crippen molar-refractivity contribution in [1.82, 2.24) is 0 Å². The van der Waals surface area contributed by atoms with Crippen molar-refractivity contribution in [3.63, 3.8) is 0 Å². The first kappa shape index (κ1) is 24.2. The van der Waals surface area contributed by atoms with Crippen LogP contribution in [-0.4, -0.2) is 54.0 Å². The molecule has 0 N–H and O–H groups in total. The van der Waals surface area contributed by atoms with Gasteiger partial charge in [-0.25, -0.2) is 0 Å². The summed E-state index contributed by atoms with van der Waals surface area (Å²) in [6.45, 7) is 11.9. The third kappa shape index (κ3) is 3.82. The summed E-state index contributed by atoms with van der Waals surface area (Å²) in [6, 6.07) is 0. The molecule has 3 nitrogen and oxygen atoms in total. The van der Waals surface area contributed by atoms with Crippen LogP contribution in [-0.2, 0) is 14.2 Å². The molecule has 0 aromatic carbocycles. The minimum atomic E-state index is -2.99. The number of fused-ring (bicyclic) bond motifs is 3.